The van der Waals surface area contributed by atoms with Gasteiger partial charge in [0.25, 0.3) is 0 Å². The van der Waals surface area contributed by atoms with E-state index in [1.54, 1.807) is 11.3 Å². The van der Waals surface area contributed by atoms with Gasteiger partial charge in [0, 0.05) is 16.4 Å². The molecule has 0 aliphatic rings. The Hall–Kier alpha value is -0.910. The van der Waals surface area contributed by atoms with Gasteiger partial charge in [-0.15, -0.1) is 11.3 Å². The number of aliphatic hydroxyl groups excluding tert-OH is 1. The van der Waals surface area contributed by atoms with E-state index >= 15 is 0 Å². The fourth-order valence-electron chi connectivity index (χ4n) is 1.74. The van der Waals surface area contributed by atoms with E-state index in [2.05, 4.69) is 32.9 Å². The van der Waals surface area contributed by atoms with Gasteiger partial charge in [0.05, 0.1) is 30.0 Å². The number of hydrogen-bond donors (Lipinski definition) is 1. The first-order valence-electron chi connectivity index (χ1n) is 5.61. The van der Waals surface area contributed by atoms with Crippen molar-refractivity contribution in [2.45, 2.75) is 20.1 Å². The molecule has 0 radical (unpaired) electrons. The van der Waals surface area contributed by atoms with Crippen LogP contribution in [-0.2, 0) is 13.2 Å². The maximum Gasteiger partial charge on any atom is 0.0798 e. The molecule has 0 aliphatic carbocycles. The second-order valence-corrected chi connectivity index (χ2v) is 5.95. The molecule has 5 heteroatoms. The largest absolute Gasteiger partial charge is 0.392 e. The van der Waals surface area contributed by atoms with Gasteiger partial charge in [-0.3, -0.25) is 0 Å². The molecule has 96 valence electrons. The molecule has 0 saturated carbocycles. The van der Waals surface area contributed by atoms with Gasteiger partial charge >= 0.3 is 0 Å². The fourth-order valence-corrected chi connectivity index (χ4v) is 3.30. The number of halogens is 1. The van der Waals surface area contributed by atoms with Crippen LogP contribution < -0.4 is 4.90 Å². The maximum absolute atomic E-state index is 9.09. The average Bonchev–Trinajstić information content (AvgIpc) is 2.74. The number of nitrogens with zero attached hydrogens (tertiary/aromatic N) is 2. The number of aliphatic hydroxyl groups is 1. The van der Waals surface area contributed by atoms with Crippen molar-refractivity contribution in [3.05, 3.63) is 44.3 Å². The number of benzene rings is 1. The van der Waals surface area contributed by atoms with Crippen molar-refractivity contribution in [3.8, 4) is 0 Å². The predicted molar refractivity (Wildman–Crippen MR) is 79.0 cm³/mol. The minimum absolute atomic E-state index is 0.0660. The third kappa shape index (κ3) is 2.91. The summed E-state index contributed by atoms with van der Waals surface area (Å²) in [5, 5.41) is 9.09. The highest BCUT2D eigenvalue weighted by Crippen LogP contribution is 2.28. The SMILES string of the molecule is Cc1ncsc1CN(C)c1ccc(CO)cc1Br. The van der Waals surface area contributed by atoms with Crippen molar-refractivity contribution < 1.29 is 5.11 Å². The second kappa shape index (κ2) is 5.82. The fraction of sp³-hybridized carbons (Fsp3) is 0.308. The first-order valence-corrected chi connectivity index (χ1v) is 7.28. The number of thiazole rings is 1. The van der Waals surface area contributed by atoms with Crippen molar-refractivity contribution in [1.82, 2.24) is 4.98 Å². The van der Waals surface area contributed by atoms with E-state index < -0.39 is 0 Å². The van der Waals surface area contributed by atoms with Crippen LogP contribution in [0.3, 0.4) is 0 Å². The van der Waals surface area contributed by atoms with E-state index in [4.69, 9.17) is 5.11 Å². The van der Waals surface area contributed by atoms with Crippen LogP contribution >= 0.6 is 27.3 Å². The Morgan fingerprint density at radius 1 is 1.44 bits per heavy atom. The molecule has 0 aliphatic heterocycles. The molecule has 0 saturated heterocycles. The van der Waals surface area contributed by atoms with Crippen LogP contribution in [0.1, 0.15) is 16.1 Å². The Balaban J connectivity index is 2.19. The van der Waals surface area contributed by atoms with Crippen LogP contribution in [0.5, 0.6) is 0 Å². The van der Waals surface area contributed by atoms with Crippen LogP contribution in [0.4, 0.5) is 5.69 Å². The molecule has 0 fully saturated rings. The second-order valence-electron chi connectivity index (χ2n) is 4.16. The summed E-state index contributed by atoms with van der Waals surface area (Å²) < 4.78 is 0.999. The lowest BCUT2D eigenvalue weighted by atomic mass is 10.2. The first kappa shape index (κ1) is 13.5. The number of aryl methyl sites for hydroxylation is 1. The summed E-state index contributed by atoms with van der Waals surface area (Å²) in [6, 6.07) is 5.91. The molecular weight excluding hydrogens is 312 g/mol. The highest BCUT2D eigenvalue weighted by molar-refractivity contribution is 9.10. The average molecular weight is 327 g/mol. The minimum atomic E-state index is 0.0660. The Labute approximate surface area is 119 Å². The predicted octanol–water partition coefficient (Wildman–Crippen LogP) is 3.34. The molecule has 1 aromatic heterocycles. The molecule has 2 aromatic rings. The molecule has 0 amide bonds. The van der Waals surface area contributed by atoms with Gasteiger partial charge in [-0.25, -0.2) is 4.98 Å². The lowest BCUT2D eigenvalue weighted by molar-refractivity contribution is 0.282. The summed E-state index contributed by atoms with van der Waals surface area (Å²) in [4.78, 5) is 7.71. The summed E-state index contributed by atoms with van der Waals surface area (Å²) >= 11 is 5.22. The number of rotatable bonds is 4. The Morgan fingerprint density at radius 2 is 2.22 bits per heavy atom. The van der Waals surface area contributed by atoms with Crippen LogP contribution in [0, 0.1) is 6.92 Å². The van der Waals surface area contributed by atoms with Gasteiger partial charge in [0.15, 0.2) is 0 Å². The minimum Gasteiger partial charge on any atom is -0.392 e. The lowest BCUT2D eigenvalue weighted by Crippen LogP contribution is -2.16. The summed E-state index contributed by atoms with van der Waals surface area (Å²) in [5.74, 6) is 0. The van der Waals surface area contributed by atoms with Crippen molar-refractivity contribution >= 4 is 33.0 Å². The van der Waals surface area contributed by atoms with Crippen molar-refractivity contribution in [2.75, 3.05) is 11.9 Å². The molecule has 3 nitrogen and oxygen atoms in total. The smallest absolute Gasteiger partial charge is 0.0798 e. The molecule has 0 bridgehead atoms. The van der Waals surface area contributed by atoms with Crippen molar-refractivity contribution in [3.63, 3.8) is 0 Å². The maximum atomic E-state index is 9.09. The molecule has 18 heavy (non-hydrogen) atoms. The Morgan fingerprint density at radius 3 is 2.78 bits per heavy atom. The summed E-state index contributed by atoms with van der Waals surface area (Å²) in [6.45, 7) is 2.94. The number of anilines is 1. The molecule has 0 spiro atoms. The van der Waals surface area contributed by atoms with Crippen LogP contribution in [0.2, 0.25) is 0 Å². The lowest BCUT2D eigenvalue weighted by Gasteiger charge is -2.20. The molecule has 0 unspecified atom stereocenters. The van der Waals surface area contributed by atoms with E-state index in [0.717, 1.165) is 28.0 Å². The normalized spacial score (nSPS) is 10.7. The van der Waals surface area contributed by atoms with E-state index in [0.29, 0.717) is 0 Å². The van der Waals surface area contributed by atoms with Gasteiger partial charge in [-0.2, -0.15) is 0 Å². The van der Waals surface area contributed by atoms with Gasteiger partial charge in [0.2, 0.25) is 0 Å². The molecule has 1 heterocycles. The van der Waals surface area contributed by atoms with Crippen LogP contribution in [0.25, 0.3) is 0 Å². The van der Waals surface area contributed by atoms with Crippen LogP contribution in [0.15, 0.2) is 28.2 Å². The Kier molecular flexibility index (Phi) is 4.37. The molecule has 0 atom stereocenters. The standard InChI is InChI=1S/C13H15BrN2OS/c1-9-13(18-8-15-9)6-16(2)12-4-3-10(7-17)5-11(12)14/h3-5,8,17H,6-7H2,1-2H3. The molecule has 1 N–H and O–H groups in total. The van der Waals surface area contributed by atoms with Crippen LogP contribution in [-0.4, -0.2) is 17.1 Å². The zero-order valence-corrected chi connectivity index (χ0v) is 12.8. The van der Waals surface area contributed by atoms with Crippen molar-refractivity contribution in [2.24, 2.45) is 0 Å². The number of hydrogen-bond acceptors (Lipinski definition) is 4. The monoisotopic (exact) mass is 326 g/mol. The van der Waals surface area contributed by atoms with E-state index in [-0.39, 0.29) is 6.61 Å². The summed E-state index contributed by atoms with van der Waals surface area (Å²) in [5.41, 5.74) is 4.99. The topological polar surface area (TPSA) is 36.4 Å². The summed E-state index contributed by atoms with van der Waals surface area (Å²) in [6.07, 6.45) is 0. The van der Waals surface area contributed by atoms with E-state index in [9.17, 15) is 0 Å². The van der Waals surface area contributed by atoms with Gasteiger partial charge in [-0.1, -0.05) is 6.07 Å². The third-order valence-electron chi connectivity index (χ3n) is 2.83. The zero-order valence-electron chi connectivity index (χ0n) is 10.4. The van der Waals surface area contributed by atoms with Gasteiger partial charge < -0.3 is 10.0 Å². The molecular formula is C13H15BrN2OS. The highest BCUT2D eigenvalue weighted by atomic mass is 79.9. The van der Waals surface area contributed by atoms with Gasteiger partial charge in [0.1, 0.15) is 0 Å². The highest BCUT2D eigenvalue weighted by Gasteiger charge is 2.09. The summed E-state index contributed by atoms with van der Waals surface area (Å²) in [7, 11) is 2.05. The van der Waals surface area contributed by atoms with E-state index in [1.165, 1.54) is 4.88 Å². The quantitative estimate of drug-likeness (QED) is 0.936. The first-order chi connectivity index (χ1) is 8.61. The van der Waals surface area contributed by atoms with Gasteiger partial charge in [-0.05, 0) is 40.5 Å². The van der Waals surface area contributed by atoms with Crippen molar-refractivity contribution in [1.29, 1.82) is 0 Å². The Bertz CT molecular complexity index is 542. The van der Waals surface area contributed by atoms with E-state index in [1.807, 2.05) is 30.6 Å². The molecule has 2 rings (SSSR count). The number of aromatic nitrogens is 1. The zero-order chi connectivity index (χ0) is 13.1. The third-order valence-corrected chi connectivity index (χ3v) is 4.39. The molecule has 1 aromatic carbocycles.